The molecule has 0 saturated heterocycles. The number of hydrogen-bond donors (Lipinski definition) is 0. The van der Waals surface area contributed by atoms with Gasteiger partial charge in [-0.05, 0) is 18.6 Å². The van der Waals surface area contributed by atoms with Crippen molar-refractivity contribution in [2.45, 2.75) is 19.8 Å². The first-order valence-electron chi connectivity index (χ1n) is 6.94. The highest BCUT2D eigenvalue weighted by Crippen LogP contribution is 2.14. The molecule has 0 bridgehead atoms. The molecule has 0 aliphatic heterocycles. The summed E-state index contributed by atoms with van der Waals surface area (Å²) in [5.74, 6) is -1.70. The van der Waals surface area contributed by atoms with Gasteiger partial charge in [-0.3, -0.25) is 4.79 Å². The Hall–Kier alpha value is -2.37. The van der Waals surface area contributed by atoms with E-state index in [4.69, 9.17) is 4.74 Å². The minimum atomic E-state index is -0.621. The molecule has 0 heterocycles. The monoisotopic (exact) mass is 308 g/mol. The van der Waals surface area contributed by atoms with Gasteiger partial charge >= 0.3 is 17.9 Å². The second-order valence-electron chi connectivity index (χ2n) is 4.69. The maximum atomic E-state index is 12.1. The van der Waals surface area contributed by atoms with Crippen molar-refractivity contribution in [2.24, 2.45) is 5.92 Å². The van der Waals surface area contributed by atoms with Crippen molar-refractivity contribution in [3.05, 3.63) is 35.4 Å². The van der Waals surface area contributed by atoms with Gasteiger partial charge in [-0.2, -0.15) is 0 Å². The van der Waals surface area contributed by atoms with Gasteiger partial charge < -0.3 is 14.2 Å². The van der Waals surface area contributed by atoms with Crippen LogP contribution in [0.2, 0.25) is 0 Å². The van der Waals surface area contributed by atoms with Gasteiger partial charge in [0.05, 0.1) is 38.4 Å². The molecule has 1 atom stereocenters. The van der Waals surface area contributed by atoms with E-state index in [1.165, 1.54) is 26.4 Å². The lowest BCUT2D eigenvalue weighted by molar-refractivity contribution is -0.142. The number of esters is 3. The molecule has 0 aliphatic rings. The van der Waals surface area contributed by atoms with Crippen molar-refractivity contribution in [1.82, 2.24) is 0 Å². The molecule has 1 aromatic rings. The Bertz CT molecular complexity index is 537. The molecule has 6 heteroatoms. The van der Waals surface area contributed by atoms with Gasteiger partial charge in [-0.15, -0.1) is 0 Å². The molecule has 0 amide bonds. The van der Waals surface area contributed by atoms with Crippen molar-refractivity contribution < 1.29 is 28.6 Å². The van der Waals surface area contributed by atoms with Crippen LogP contribution in [0.5, 0.6) is 0 Å². The second-order valence-corrected chi connectivity index (χ2v) is 4.69. The molecule has 0 aliphatic carbocycles. The molecule has 0 radical (unpaired) electrons. The summed E-state index contributed by atoms with van der Waals surface area (Å²) in [4.78, 5) is 35.0. The predicted molar refractivity (Wildman–Crippen MR) is 78.5 cm³/mol. The zero-order valence-electron chi connectivity index (χ0n) is 13.0. The van der Waals surface area contributed by atoms with Crippen LogP contribution in [0.25, 0.3) is 0 Å². The molecule has 1 aromatic carbocycles. The van der Waals surface area contributed by atoms with E-state index in [0.29, 0.717) is 6.42 Å². The fourth-order valence-corrected chi connectivity index (χ4v) is 1.86. The van der Waals surface area contributed by atoms with Crippen LogP contribution in [-0.4, -0.2) is 38.7 Å². The van der Waals surface area contributed by atoms with Crippen LogP contribution in [0.15, 0.2) is 24.3 Å². The number of methoxy groups -OCH3 is 2. The minimum Gasteiger partial charge on any atom is -0.469 e. The molecule has 1 unspecified atom stereocenters. The van der Waals surface area contributed by atoms with Crippen LogP contribution in [0.1, 0.15) is 40.5 Å². The Morgan fingerprint density at radius 1 is 1.00 bits per heavy atom. The summed E-state index contributed by atoms with van der Waals surface area (Å²) in [5.41, 5.74) is 0.290. The normalized spacial score (nSPS) is 11.4. The number of rotatable bonds is 7. The number of ether oxygens (including phenoxy) is 3. The smallest absolute Gasteiger partial charge is 0.339 e. The molecule has 120 valence electrons. The Morgan fingerprint density at radius 3 is 2.09 bits per heavy atom. The van der Waals surface area contributed by atoms with Crippen LogP contribution in [0.4, 0.5) is 0 Å². The van der Waals surface area contributed by atoms with E-state index in [-0.39, 0.29) is 36.0 Å². The average Bonchev–Trinajstić information content (AvgIpc) is 2.57. The molecule has 22 heavy (non-hydrogen) atoms. The van der Waals surface area contributed by atoms with Crippen molar-refractivity contribution in [2.75, 3.05) is 20.8 Å². The summed E-state index contributed by atoms with van der Waals surface area (Å²) in [6.07, 6.45) is 0.847. The maximum absolute atomic E-state index is 12.1. The highest BCUT2D eigenvalue weighted by Gasteiger charge is 2.20. The third-order valence-corrected chi connectivity index (χ3v) is 3.26. The van der Waals surface area contributed by atoms with E-state index in [0.717, 1.165) is 0 Å². The third kappa shape index (κ3) is 4.87. The van der Waals surface area contributed by atoms with Crippen LogP contribution in [0, 0.1) is 5.92 Å². The summed E-state index contributed by atoms with van der Waals surface area (Å²) in [5, 5.41) is 0. The van der Waals surface area contributed by atoms with E-state index in [1.54, 1.807) is 12.1 Å². The van der Waals surface area contributed by atoms with Crippen molar-refractivity contribution in [3.63, 3.8) is 0 Å². The lowest BCUT2D eigenvalue weighted by Gasteiger charge is -2.14. The Labute approximate surface area is 129 Å². The standard InChI is InChI=1S/C16H20O6/c1-4-11(9-14(17)20-2)10-22-16(19)13-8-6-5-7-12(13)15(18)21-3/h5-8,11H,4,9-10H2,1-3H3. The van der Waals surface area contributed by atoms with Gasteiger partial charge in [-0.25, -0.2) is 9.59 Å². The van der Waals surface area contributed by atoms with Crippen LogP contribution in [0.3, 0.4) is 0 Å². The van der Waals surface area contributed by atoms with E-state index < -0.39 is 11.9 Å². The number of carbonyl (C=O) groups is 3. The Kier molecular flexibility index (Phi) is 7.08. The lowest BCUT2D eigenvalue weighted by atomic mass is 10.0. The number of hydrogen-bond acceptors (Lipinski definition) is 6. The van der Waals surface area contributed by atoms with E-state index in [1.807, 2.05) is 6.92 Å². The maximum Gasteiger partial charge on any atom is 0.339 e. The summed E-state index contributed by atoms with van der Waals surface area (Å²) < 4.78 is 14.4. The van der Waals surface area contributed by atoms with Crippen molar-refractivity contribution >= 4 is 17.9 Å². The second kappa shape index (κ2) is 8.81. The van der Waals surface area contributed by atoms with Gasteiger partial charge in [0.15, 0.2) is 0 Å². The molecule has 0 spiro atoms. The molecule has 0 N–H and O–H groups in total. The zero-order chi connectivity index (χ0) is 16.5. The molecule has 6 nitrogen and oxygen atoms in total. The summed E-state index contributed by atoms with van der Waals surface area (Å²) >= 11 is 0. The fraction of sp³-hybridized carbons (Fsp3) is 0.438. The topological polar surface area (TPSA) is 78.9 Å². The average molecular weight is 308 g/mol. The third-order valence-electron chi connectivity index (χ3n) is 3.26. The summed E-state index contributed by atoms with van der Waals surface area (Å²) in [6.45, 7) is 1.98. The van der Waals surface area contributed by atoms with Crippen LogP contribution < -0.4 is 0 Å². The van der Waals surface area contributed by atoms with Gasteiger partial charge in [0.1, 0.15) is 0 Å². The summed E-state index contributed by atoms with van der Waals surface area (Å²) in [6, 6.07) is 6.26. The van der Waals surface area contributed by atoms with Gasteiger partial charge in [0, 0.05) is 5.92 Å². The van der Waals surface area contributed by atoms with Gasteiger partial charge in [0.2, 0.25) is 0 Å². The molecular weight excluding hydrogens is 288 g/mol. The largest absolute Gasteiger partial charge is 0.469 e. The number of benzene rings is 1. The van der Waals surface area contributed by atoms with Gasteiger partial charge in [0.25, 0.3) is 0 Å². The molecule has 0 aromatic heterocycles. The van der Waals surface area contributed by atoms with Crippen LogP contribution in [-0.2, 0) is 19.0 Å². The highest BCUT2D eigenvalue weighted by atomic mass is 16.5. The zero-order valence-corrected chi connectivity index (χ0v) is 13.0. The molecule has 0 fully saturated rings. The quantitative estimate of drug-likeness (QED) is 0.567. The first kappa shape index (κ1) is 17.7. The predicted octanol–water partition coefficient (Wildman–Crippen LogP) is 2.22. The van der Waals surface area contributed by atoms with Gasteiger partial charge in [-0.1, -0.05) is 19.1 Å². The van der Waals surface area contributed by atoms with E-state index in [9.17, 15) is 14.4 Å². The SMILES string of the molecule is CCC(COC(=O)c1ccccc1C(=O)OC)CC(=O)OC. The fourth-order valence-electron chi connectivity index (χ4n) is 1.86. The number of carbonyl (C=O) groups excluding carboxylic acids is 3. The minimum absolute atomic E-state index is 0.0833. The first-order valence-corrected chi connectivity index (χ1v) is 6.94. The first-order chi connectivity index (χ1) is 10.5. The van der Waals surface area contributed by atoms with E-state index >= 15 is 0 Å². The van der Waals surface area contributed by atoms with Crippen molar-refractivity contribution in [3.8, 4) is 0 Å². The Balaban J connectivity index is 2.73. The van der Waals surface area contributed by atoms with Crippen LogP contribution >= 0.6 is 0 Å². The lowest BCUT2D eigenvalue weighted by Crippen LogP contribution is -2.19. The Morgan fingerprint density at radius 2 is 1.59 bits per heavy atom. The van der Waals surface area contributed by atoms with Crippen molar-refractivity contribution in [1.29, 1.82) is 0 Å². The summed E-state index contributed by atoms with van der Waals surface area (Å²) in [7, 11) is 2.56. The molecule has 1 rings (SSSR count). The molecule has 0 saturated carbocycles. The van der Waals surface area contributed by atoms with E-state index in [2.05, 4.69) is 9.47 Å². The molecular formula is C16H20O6. The highest BCUT2D eigenvalue weighted by molar-refractivity contribution is 6.03.